The van der Waals surface area contributed by atoms with Crippen LogP contribution in [0.4, 0.5) is 0 Å². The molecule has 2 aromatic rings. The molecule has 1 fully saturated rings. The fraction of sp³-hybridized carbons (Fsp3) is 0.423. The molecule has 166 valence electrons. The minimum Gasteiger partial charge on any atom is -0.491 e. The summed E-state index contributed by atoms with van der Waals surface area (Å²) in [5.41, 5.74) is 7.21. The fourth-order valence-electron chi connectivity index (χ4n) is 4.08. The summed E-state index contributed by atoms with van der Waals surface area (Å²) in [5, 5.41) is 8.89. The van der Waals surface area contributed by atoms with Crippen LogP contribution in [0.2, 0.25) is 0 Å². The lowest BCUT2D eigenvalue weighted by atomic mass is 9.91. The monoisotopic (exact) mass is 423 g/mol. The minimum atomic E-state index is -0.856. The number of hydroxylamine groups is 1. The number of hydrogen-bond acceptors (Lipinski definition) is 4. The van der Waals surface area contributed by atoms with Crippen molar-refractivity contribution in [1.82, 2.24) is 5.48 Å². The van der Waals surface area contributed by atoms with Crippen LogP contribution in [0.15, 0.2) is 54.6 Å². The van der Waals surface area contributed by atoms with Gasteiger partial charge in [0.05, 0.1) is 12.1 Å². The molecule has 3 rings (SSSR count). The second-order valence-electron chi connectivity index (χ2n) is 8.03. The van der Waals surface area contributed by atoms with Crippen LogP contribution in [0.1, 0.15) is 68.1 Å². The minimum absolute atomic E-state index is 0.0144. The van der Waals surface area contributed by atoms with Gasteiger partial charge in [0, 0.05) is 0 Å². The number of aliphatic carboxylic acids is 1. The van der Waals surface area contributed by atoms with Gasteiger partial charge >= 0.3 is 5.97 Å². The molecular weight excluding hydrogens is 390 g/mol. The second-order valence-corrected chi connectivity index (χ2v) is 8.03. The zero-order chi connectivity index (χ0) is 21.9. The van der Waals surface area contributed by atoms with Crippen LogP contribution < -0.4 is 10.2 Å². The van der Waals surface area contributed by atoms with Crippen LogP contribution in [0, 0.1) is 0 Å². The van der Waals surface area contributed by atoms with Crippen molar-refractivity contribution < 1.29 is 19.5 Å². The van der Waals surface area contributed by atoms with E-state index >= 15 is 0 Å². The molecule has 0 radical (unpaired) electrons. The third-order valence-electron chi connectivity index (χ3n) is 5.73. The van der Waals surface area contributed by atoms with E-state index in [-0.39, 0.29) is 6.42 Å². The molecule has 1 aliphatic rings. The average molecular weight is 424 g/mol. The third kappa shape index (κ3) is 7.44. The Labute approximate surface area is 185 Å². The lowest BCUT2D eigenvalue weighted by Gasteiger charge is -2.16. The largest absolute Gasteiger partial charge is 0.491 e. The second kappa shape index (κ2) is 12.2. The van der Waals surface area contributed by atoms with E-state index < -0.39 is 5.97 Å². The predicted molar refractivity (Wildman–Crippen MR) is 123 cm³/mol. The van der Waals surface area contributed by atoms with E-state index in [0.29, 0.717) is 30.4 Å². The van der Waals surface area contributed by atoms with Crippen molar-refractivity contribution in [2.45, 2.75) is 57.8 Å². The number of carbonyl (C=O) groups is 1. The molecule has 1 aliphatic carbocycles. The fourth-order valence-corrected chi connectivity index (χ4v) is 4.08. The molecule has 0 spiro atoms. The molecular formula is C26H33NO4. The Balaban J connectivity index is 1.43. The summed E-state index contributed by atoms with van der Waals surface area (Å²) < 4.78 is 5.67. The predicted octanol–water partition coefficient (Wildman–Crippen LogP) is 5.71. The van der Waals surface area contributed by atoms with Crippen LogP contribution in [0.3, 0.4) is 0 Å². The van der Waals surface area contributed by atoms with Crippen molar-refractivity contribution in [2.75, 3.05) is 13.2 Å². The molecule has 0 amide bonds. The molecule has 0 unspecified atom stereocenters. The van der Waals surface area contributed by atoms with Gasteiger partial charge in [-0.3, -0.25) is 15.1 Å². The maximum absolute atomic E-state index is 10.8. The first-order valence-corrected chi connectivity index (χ1v) is 11.2. The summed E-state index contributed by atoms with van der Waals surface area (Å²) >= 11 is 0. The number of carboxylic acids is 1. The van der Waals surface area contributed by atoms with Crippen molar-refractivity contribution in [2.24, 2.45) is 0 Å². The lowest BCUT2D eigenvalue weighted by molar-refractivity contribution is -0.136. The summed E-state index contributed by atoms with van der Waals surface area (Å²) in [6, 6.07) is 16.0. The van der Waals surface area contributed by atoms with E-state index in [1.165, 1.54) is 44.1 Å². The number of allylic oxidation sites excluding steroid dienone is 1. The Morgan fingerprint density at radius 1 is 1.06 bits per heavy atom. The molecule has 2 aromatic carbocycles. The number of hydrogen-bond donors (Lipinski definition) is 2. The SMILES string of the molecule is CC=C(NOCCOc1cccc(CC(=O)O)c1)c1ccc(C2CCCCCC2)cc1. The van der Waals surface area contributed by atoms with Gasteiger partial charge in [0.2, 0.25) is 0 Å². The Hall–Kier alpha value is -2.79. The standard InChI is InChI=1S/C26H33NO4/c1-2-25(23-14-12-22(13-15-23)21-9-5-3-4-6-10-21)27-31-17-16-30-24-11-7-8-20(18-24)19-26(28)29/h2,7-8,11-15,18,21,27H,3-6,9-10,16-17,19H2,1H3,(H,28,29). The van der Waals surface area contributed by atoms with Gasteiger partial charge in [-0.15, -0.1) is 0 Å². The number of rotatable bonds is 10. The highest BCUT2D eigenvalue weighted by Crippen LogP contribution is 2.32. The van der Waals surface area contributed by atoms with Crippen LogP contribution >= 0.6 is 0 Å². The molecule has 0 atom stereocenters. The summed E-state index contributed by atoms with van der Waals surface area (Å²) in [4.78, 5) is 16.4. The zero-order valence-corrected chi connectivity index (χ0v) is 18.3. The summed E-state index contributed by atoms with van der Waals surface area (Å²) in [7, 11) is 0. The molecule has 2 N–H and O–H groups in total. The van der Waals surface area contributed by atoms with E-state index in [1.54, 1.807) is 18.2 Å². The molecule has 0 aromatic heterocycles. The van der Waals surface area contributed by atoms with Gasteiger partial charge in [0.15, 0.2) is 0 Å². The van der Waals surface area contributed by atoms with Gasteiger partial charge in [-0.05, 0) is 54.5 Å². The molecule has 5 nitrogen and oxygen atoms in total. The Morgan fingerprint density at radius 2 is 1.81 bits per heavy atom. The molecule has 0 heterocycles. The van der Waals surface area contributed by atoms with Gasteiger partial charge in [-0.1, -0.05) is 68.2 Å². The molecule has 5 heteroatoms. The number of nitrogens with one attached hydrogen (secondary N) is 1. The van der Waals surface area contributed by atoms with Crippen LogP contribution in [0.5, 0.6) is 5.75 Å². The first-order valence-electron chi connectivity index (χ1n) is 11.2. The van der Waals surface area contributed by atoms with Crippen molar-refractivity contribution >= 4 is 11.7 Å². The Morgan fingerprint density at radius 3 is 2.48 bits per heavy atom. The average Bonchev–Trinajstić information content (AvgIpc) is 3.06. The van der Waals surface area contributed by atoms with Crippen LogP contribution in [-0.4, -0.2) is 24.3 Å². The highest BCUT2D eigenvalue weighted by molar-refractivity contribution is 5.70. The van der Waals surface area contributed by atoms with Gasteiger partial charge in [-0.25, -0.2) is 0 Å². The van der Waals surface area contributed by atoms with E-state index in [4.69, 9.17) is 14.7 Å². The molecule has 31 heavy (non-hydrogen) atoms. The maximum atomic E-state index is 10.8. The number of ether oxygens (including phenoxy) is 1. The van der Waals surface area contributed by atoms with Crippen molar-refractivity contribution in [3.8, 4) is 5.75 Å². The summed E-state index contributed by atoms with van der Waals surface area (Å²) in [6.07, 6.45) is 10.0. The topological polar surface area (TPSA) is 67.8 Å². The van der Waals surface area contributed by atoms with E-state index in [0.717, 1.165) is 11.3 Å². The lowest BCUT2D eigenvalue weighted by Crippen LogP contribution is -2.18. The number of benzene rings is 2. The van der Waals surface area contributed by atoms with E-state index in [2.05, 4.69) is 29.7 Å². The maximum Gasteiger partial charge on any atom is 0.307 e. The summed E-state index contributed by atoms with van der Waals surface area (Å²) in [5.74, 6) is 0.481. The van der Waals surface area contributed by atoms with E-state index in [9.17, 15) is 4.79 Å². The molecule has 0 saturated heterocycles. The van der Waals surface area contributed by atoms with Gasteiger partial charge in [0.25, 0.3) is 0 Å². The van der Waals surface area contributed by atoms with Gasteiger partial charge in [-0.2, -0.15) is 0 Å². The Kier molecular flexibility index (Phi) is 8.98. The van der Waals surface area contributed by atoms with Crippen LogP contribution in [-0.2, 0) is 16.1 Å². The third-order valence-corrected chi connectivity index (χ3v) is 5.73. The Bertz CT molecular complexity index is 852. The molecule has 0 bridgehead atoms. The van der Waals surface area contributed by atoms with E-state index in [1.807, 2.05) is 19.1 Å². The summed E-state index contributed by atoms with van der Waals surface area (Å²) in [6.45, 7) is 2.71. The normalized spacial score (nSPS) is 15.3. The molecule has 0 aliphatic heterocycles. The van der Waals surface area contributed by atoms with Crippen molar-refractivity contribution in [3.05, 3.63) is 71.3 Å². The van der Waals surface area contributed by atoms with Gasteiger partial charge < -0.3 is 9.84 Å². The highest BCUT2D eigenvalue weighted by Gasteiger charge is 2.14. The van der Waals surface area contributed by atoms with Crippen LogP contribution in [0.25, 0.3) is 5.70 Å². The smallest absolute Gasteiger partial charge is 0.307 e. The van der Waals surface area contributed by atoms with Crippen molar-refractivity contribution in [3.63, 3.8) is 0 Å². The first-order chi connectivity index (χ1) is 15.2. The highest BCUT2D eigenvalue weighted by atomic mass is 16.7. The van der Waals surface area contributed by atoms with Gasteiger partial charge in [0.1, 0.15) is 19.0 Å². The van der Waals surface area contributed by atoms with Crippen molar-refractivity contribution in [1.29, 1.82) is 0 Å². The zero-order valence-electron chi connectivity index (χ0n) is 18.3. The number of carboxylic acid groups (broad SMARTS) is 1. The quantitative estimate of drug-likeness (QED) is 0.291. The first kappa shape index (κ1) is 22.9. The molecule has 1 saturated carbocycles.